The molecule has 0 aliphatic carbocycles. The average molecular weight is 174 g/mol. The molecule has 1 rings (SSSR count). The third kappa shape index (κ3) is 2.73. The van der Waals surface area contributed by atoms with E-state index >= 15 is 0 Å². The molecule has 0 radical (unpaired) electrons. The molecule has 1 atom stereocenters. The Morgan fingerprint density at radius 1 is 1.08 bits per heavy atom. The first-order chi connectivity index (χ1) is 6.25. The Labute approximate surface area is 81.3 Å². The Morgan fingerprint density at radius 3 is 2.15 bits per heavy atom. The predicted octanol–water partition coefficient (Wildman–Crippen LogP) is 4.00. The molecule has 0 amide bonds. The van der Waals surface area contributed by atoms with Gasteiger partial charge >= 0.3 is 0 Å². The summed E-state index contributed by atoms with van der Waals surface area (Å²) in [6.07, 6.45) is 4.41. The fourth-order valence-corrected chi connectivity index (χ4v) is 1.60. The number of allylic oxidation sites excluding steroid dienone is 2. The Bertz CT molecular complexity index is 257. The van der Waals surface area contributed by atoms with Crippen LogP contribution in [0.4, 0.5) is 0 Å². The molecule has 0 fully saturated rings. The minimum Gasteiger partial charge on any atom is -0.0910 e. The first-order valence-corrected chi connectivity index (χ1v) is 4.93. The number of benzene rings is 1. The fraction of sp³-hybridized carbons (Fsp3) is 0.385. The van der Waals surface area contributed by atoms with E-state index in [1.54, 1.807) is 0 Å². The van der Waals surface area contributed by atoms with Gasteiger partial charge in [-0.05, 0) is 18.4 Å². The Hall–Kier alpha value is -1.04. The molecule has 0 aromatic heterocycles. The molecule has 0 nitrogen and oxygen atoms in total. The fourth-order valence-electron chi connectivity index (χ4n) is 1.60. The van der Waals surface area contributed by atoms with Crippen LogP contribution < -0.4 is 0 Å². The summed E-state index contributed by atoms with van der Waals surface area (Å²) in [5, 5.41) is 0. The van der Waals surface area contributed by atoms with Gasteiger partial charge in [0.05, 0.1) is 0 Å². The van der Waals surface area contributed by atoms with E-state index in [0.717, 1.165) is 0 Å². The summed E-state index contributed by atoms with van der Waals surface area (Å²) in [5.41, 5.74) is 1.41. The second-order valence-electron chi connectivity index (χ2n) is 3.71. The molecule has 0 bridgehead atoms. The third-order valence-corrected chi connectivity index (χ3v) is 2.30. The zero-order chi connectivity index (χ0) is 9.68. The summed E-state index contributed by atoms with van der Waals surface area (Å²) in [5.74, 6) is 1.23. The van der Waals surface area contributed by atoms with Crippen LogP contribution in [-0.4, -0.2) is 0 Å². The van der Waals surface area contributed by atoms with Gasteiger partial charge in [-0.3, -0.25) is 0 Å². The topological polar surface area (TPSA) is 0 Å². The zero-order valence-corrected chi connectivity index (χ0v) is 8.70. The highest BCUT2D eigenvalue weighted by Crippen LogP contribution is 2.25. The van der Waals surface area contributed by atoms with Gasteiger partial charge in [0.1, 0.15) is 0 Å². The largest absolute Gasteiger partial charge is 0.0910 e. The lowest BCUT2D eigenvalue weighted by atomic mass is 9.88. The van der Waals surface area contributed by atoms with E-state index in [4.69, 9.17) is 0 Å². The van der Waals surface area contributed by atoms with Crippen LogP contribution in [0.1, 0.15) is 32.3 Å². The van der Waals surface area contributed by atoms with Crippen molar-refractivity contribution in [3.05, 3.63) is 48.0 Å². The van der Waals surface area contributed by atoms with E-state index in [-0.39, 0.29) is 0 Å². The van der Waals surface area contributed by atoms with Gasteiger partial charge < -0.3 is 0 Å². The van der Waals surface area contributed by atoms with E-state index in [1.165, 1.54) is 5.56 Å². The summed E-state index contributed by atoms with van der Waals surface area (Å²) in [4.78, 5) is 0. The minimum atomic E-state index is 0.561. The molecule has 0 aliphatic heterocycles. The summed E-state index contributed by atoms with van der Waals surface area (Å²) in [7, 11) is 0. The van der Waals surface area contributed by atoms with Gasteiger partial charge in [0, 0.05) is 5.92 Å². The van der Waals surface area contributed by atoms with Crippen molar-refractivity contribution in [2.45, 2.75) is 26.7 Å². The Kier molecular flexibility index (Phi) is 3.75. The van der Waals surface area contributed by atoms with Crippen molar-refractivity contribution < 1.29 is 0 Å². The molecule has 0 heterocycles. The van der Waals surface area contributed by atoms with Crippen LogP contribution >= 0.6 is 0 Å². The van der Waals surface area contributed by atoms with E-state index in [9.17, 15) is 0 Å². The van der Waals surface area contributed by atoms with Crippen molar-refractivity contribution in [3.63, 3.8) is 0 Å². The SMILES string of the molecule is C/C=C/C(c1ccccc1)C(C)C. The van der Waals surface area contributed by atoms with Crippen LogP contribution in [0.25, 0.3) is 0 Å². The lowest BCUT2D eigenvalue weighted by Crippen LogP contribution is -2.03. The predicted molar refractivity (Wildman–Crippen MR) is 58.8 cm³/mol. The van der Waals surface area contributed by atoms with E-state index in [2.05, 4.69) is 63.3 Å². The second-order valence-corrected chi connectivity index (χ2v) is 3.71. The van der Waals surface area contributed by atoms with Crippen molar-refractivity contribution in [1.29, 1.82) is 0 Å². The normalized spacial score (nSPS) is 13.8. The molecular formula is C13H18. The highest BCUT2D eigenvalue weighted by atomic mass is 14.1. The van der Waals surface area contributed by atoms with Crippen LogP contribution in [0, 0.1) is 5.92 Å². The summed E-state index contributed by atoms with van der Waals surface area (Å²) in [6, 6.07) is 10.7. The van der Waals surface area contributed by atoms with E-state index in [0.29, 0.717) is 11.8 Å². The summed E-state index contributed by atoms with van der Waals surface area (Å²) >= 11 is 0. The second kappa shape index (κ2) is 4.86. The standard InChI is InChI=1S/C13H18/c1-4-8-13(11(2)3)12-9-6-5-7-10-12/h4-11,13H,1-3H3/b8-4+. The van der Waals surface area contributed by atoms with Gasteiger partial charge in [0.15, 0.2) is 0 Å². The maximum atomic E-state index is 2.28. The van der Waals surface area contributed by atoms with Gasteiger partial charge in [-0.15, -0.1) is 0 Å². The van der Waals surface area contributed by atoms with Crippen molar-refractivity contribution in [2.75, 3.05) is 0 Å². The lowest BCUT2D eigenvalue weighted by Gasteiger charge is -2.16. The molecule has 0 N–H and O–H groups in total. The maximum absolute atomic E-state index is 2.28. The van der Waals surface area contributed by atoms with Crippen molar-refractivity contribution in [3.8, 4) is 0 Å². The first kappa shape index (κ1) is 10.0. The minimum absolute atomic E-state index is 0.561. The molecule has 0 saturated heterocycles. The van der Waals surface area contributed by atoms with E-state index in [1.807, 2.05) is 0 Å². The molecule has 1 aromatic carbocycles. The first-order valence-electron chi connectivity index (χ1n) is 4.93. The molecule has 1 unspecified atom stereocenters. The Balaban J connectivity index is 2.89. The number of rotatable bonds is 3. The van der Waals surface area contributed by atoms with Crippen LogP contribution in [0.5, 0.6) is 0 Å². The summed E-state index contributed by atoms with van der Waals surface area (Å²) in [6.45, 7) is 6.60. The van der Waals surface area contributed by atoms with Gasteiger partial charge in [0.2, 0.25) is 0 Å². The molecule has 0 saturated carbocycles. The maximum Gasteiger partial charge on any atom is 0.00408 e. The van der Waals surface area contributed by atoms with Crippen molar-refractivity contribution >= 4 is 0 Å². The molecule has 70 valence electrons. The molecule has 1 aromatic rings. The van der Waals surface area contributed by atoms with Gasteiger partial charge in [0.25, 0.3) is 0 Å². The van der Waals surface area contributed by atoms with Crippen LogP contribution in [0.2, 0.25) is 0 Å². The monoisotopic (exact) mass is 174 g/mol. The van der Waals surface area contributed by atoms with Gasteiger partial charge in [-0.1, -0.05) is 56.3 Å². The van der Waals surface area contributed by atoms with Crippen molar-refractivity contribution in [2.24, 2.45) is 5.92 Å². The lowest BCUT2D eigenvalue weighted by molar-refractivity contribution is 0.578. The number of hydrogen-bond acceptors (Lipinski definition) is 0. The Morgan fingerprint density at radius 2 is 1.69 bits per heavy atom. The van der Waals surface area contributed by atoms with Crippen LogP contribution in [0.3, 0.4) is 0 Å². The van der Waals surface area contributed by atoms with Crippen LogP contribution in [0.15, 0.2) is 42.5 Å². The highest BCUT2D eigenvalue weighted by molar-refractivity contribution is 5.24. The highest BCUT2D eigenvalue weighted by Gasteiger charge is 2.10. The molecule has 0 aliphatic rings. The molecular weight excluding hydrogens is 156 g/mol. The molecule has 0 heteroatoms. The van der Waals surface area contributed by atoms with Gasteiger partial charge in [-0.2, -0.15) is 0 Å². The quantitative estimate of drug-likeness (QED) is 0.607. The molecule has 13 heavy (non-hydrogen) atoms. The van der Waals surface area contributed by atoms with E-state index < -0.39 is 0 Å². The summed E-state index contributed by atoms with van der Waals surface area (Å²) < 4.78 is 0. The smallest absolute Gasteiger partial charge is 0.00408 e. The zero-order valence-electron chi connectivity index (χ0n) is 8.70. The van der Waals surface area contributed by atoms with Crippen molar-refractivity contribution in [1.82, 2.24) is 0 Å². The van der Waals surface area contributed by atoms with Crippen LogP contribution in [-0.2, 0) is 0 Å². The van der Waals surface area contributed by atoms with Gasteiger partial charge in [-0.25, -0.2) is 0 Å². The number of hydrogen-bond donors (Lipinski definition) is 0. The molecule has 0 spiro atoms. The average Bonchev–Trinajstić information content (AvgIpc) is 2.15. The third-order valence-electron chi connectivity index (χ3n) is 2.30.